The average Bonchev–Trinajstić information content (AvgIpc) is 3.31. The van der Waals surface area contributed by atoms with Crippen LogP contribution in [0.5, 0.6) is 0 Å². The lowest BCUT2D eigenvalue weighted by Gasteiger charge is -2.32. The number of thiazole rings is 1. The van der Waals surface area contributed by atoms with E-state index in [1.54, 1.807) is 30.5 Å². The number of aromatic nitrogens is 1. The van der Waals surface area contributed by atoms with E-state index in [-0.39, 0.29) is 17.7 Å². The Morgan fingerprint density at radius 1 is 0.879 bits per heavy atom. The lowest BCUT2D eigenvalue weighted by molar-refractivity contribution is -0.114. The molecule has 0 unspecified atom stereocenters. The van der Waals surface area contributed by atoms with Crippen LogP contribution in [-0.2, 0) is 4.79 Å². The van der Waals surface area contributed by atoms with E-state index in [0.29, 0.717) is 26.8 Å². The van der Waals surface area contributed by atoms with E-state index in [1.165, 1.54) is 18.3 Å². The van der Waals surface area contributed by atoms with E-state index in [2.05, 4.69) is 27.6 Å². The Bertz CT molecular complexity index is 1150. The van der Waals surface area contributed by atoms with Gasteiger partial charge < -0.3 is 20.4 Å². The number of hydrogen-bond donors (Lipinski definition) is 2. The van der Waals surface area contributed by atoms with Crippen molar-refractivity contribution in [1.82, 2.24) is 14.8 Å². The SMILES string of the molecule is CC(=O)Nc1ccc(NC(=O)c2cnc(-c3ccc(C(=O)N4CCN(C)CC4)cc3)s2)cc1. The molecule has 33 heavy (non-hydrogen) atoms. The van der Waals surface area contributed by atoms with Gasteiger partial charge in [0.2, 0.25) is 5.91 Å². The average molecular weight is 464 g/mol. The highest BCUT2D eigenvalue weighted by molar-refractivity contribution is 7.17. The molecule has 0 spiro atoms. The molecule has 1 fully saturated rings. The van der Waals surface area contributed by atoms with Crippen LogP contribution in [-0.4, -0.2) is 65.7 Å². The maximum Gasteiger partial charge on any atom is 0.267 e. The van der Waals surface area contributed by atoms with Crippen molar-refractivity contribution < 1.29 is 14.4 Å². The van der Waals surface area contributed by atoms with E-state index in [0.717, 1.165) is 31.7 Å². The van der Waals surface area contributed by atoms with Crippen molar-refractivity contribution in [3.05, 3.63) is 65.2 Å². The van der Waals surface area contributed by atoms with Crippen LogP contribution in [0.4, 0.5) is 11.4 Å². The number of nitrogens with zero attached hydrogens (tertiary/aromatic N) is 3. The zero-order valence-electron chi connectivity index (χ0n) is 18.5. The van der Waals surface area contributed by atoms with Gasteiger partial charge in [-0.1, -0.05) is 12.1 Å². The lowest BCUT2D eigenvalue weighted by atomic mass is 10.1. The third-order valence-electron chi connectivity index (χ3n) is 5.36. The Kier molecular flexibility index (Phi) is 6.81. The molecule has 4 rings (SSSR count). The molecule has 2 heterocycles. The predicted octanol–water partition coefficient (Wildman–Crippen LogP) is 3.41. The number of anilines is 2. The maximum absolute atomic E-state index is 12.7. The molecule has 2 N–H and O–H groups in total. The van der Waals surface area contributed by atoms with E-state index in [9.17, 15) is 14.4 Å². The topological polar surface area (TPSA) is 94.6 Å². The monoisotopic (exact) mass is 463 g/mol. The van der Waals surface area contributed by atoms with Gasteiger partial charge in [-0.25, -0.2) is 4.98 Å². The van der Waals surface area contributed by atoms with Crippen molar-refractivity contribution in [2.75, 3.05) is 43.9 Å². The van der Waals surface area contributed by atoms with Crippen molar-refractivity contribution >= 4 is 40.4 Å². The molecule has 1 aliphatic rings. The first-order chi connectivity index (χ1) is 15.9. The third-order valence-corrected chi connectivity index (χ3v) is 6.41. The van der Waals surface area contributed by atoms with Gasteiger partial charge in [0, 0.05) is 55.6 Å². The Balaban J connectivity index is 1.39. The summed E-state index contributed by atoms with van der Waals surface area (Å²) in [5.41, 5.74) is 2.79. The molecule has 9 heteroatoms. The second kappa shape index (κ2) is 9.93. The van der Waals surface area contributed by atoms with Crippen LogP contribution < -0.4 is 10.6 Å². The summed E-state index contributed by atoms with van der Waals surface area (Å²) in [5.74, 6) is -0.369. The van der Waals surface area contributed by atoms with Gasteiger partial charge in [0.15, 0.2) is 0 Å². The standard InChI is InChI=1S/C24H25N5O3S/c1-16(30)26-19-7-9-20(10-8-19)27-22(31)21-15-25-23(33-21)17-3-5-18(6-4-17)24(32)29-13-11-28(2)12-14-29/h3-10,15H,11-14H2,1-2H3,(H,26,30)(H,27,31). The Morgan fingerprint density at radius 2 is 1.48 bits per heavy atom. The zero-order valence-corrected chi connectivity index (χ0v) is 19.3. The summed E-state index contributed by atoms with van der Waals surface area (Å²) < 4.78 is 0. The minimum absolute atomic E-state index is 0.0402. The van der Waals surface area contributed by atoms with Crippen molar-refractivity contribution in [1.29, 1.82) is 0 Å². The van der Waals surface area contributed by atoms with Crippen molar-refractivity contribution in [2.24, 2.45) is 0 Å². The molecule has 1 aliphatic heterocycles. The lowest BCUT2D eigenvalue weighted by Crippen LogP contribution is -2.47. The van der Waals surface area contributed by atoms with Gasteiger partial charge in [-0.3, -0.25) is 14.4 Å². The molecule has 0 bridgehead atoms. The first kappa shape index (κ1) is 22.6. The van der Waals surface area contributed by atoms with Gasteiger partial charge in [0.1, 0.15) is 9.88 Å². The molecular formula is C24H25N5O3S. The summed E-state index contributed by atoms with van der Waals surface area (Å²) >= 11 is 1.29. The fraction of sp³-hybridized carbons (Fsp3) is 0.250. The Morgan fingerprint density at radius 3 is 2.09 bits per heavy atom. The molecule has 1 saturated heterocycles. The highest BCUT2D eigenvalue weighted by atomic mass is 32.1. The van der Waals surface area contributed by atoms with E-state index in [4.69, 9.17) is 0 Å². The number of rotatable bonds is 5. The van der Waals surface area contributed by atoms with Crippen LogP contribution in [0.3, 0.4) is 0 Å². The van der Waals surface area contributed by atoms with Crippen molar-refractivity contribution in [3.63, 3.8) is 0 Å². The molecule has 0 atom stereocenters. The molecule has 2 aromatic carbocycles. The van der Waals surface area contributed by atoms with Gasteiger partial charge in [-0.15, -0.1) is 11.3 Å². The van der Waals surface area contributed by atoms with Crippen LogP contribution >= 0.6 is 11.3 Å². The Hall–Kier alpha value is -3.56. The largest absolute Gasteiger partial charge is 0.336 e. The summed E-state index contributed by atoms with van der Waals surface area (Å²) in [6.45, 7) is 4.67. The summed E-state index contributed by atoms with van der Waals surface area (Å²) in [7, 11) is 2.06. The quantitative estimate of drug-likeness (QED) is 0.605. The predicted molar refractivity (Wildman–Crippen MR) is 130 cm³/mol. The van der Waals surface area contributed by atoms with Crippen LogP contribution in [0, 0.1) is 0 Å². The van der Waals surface area contributed by atoms with Gasteiger partial charge in [0.25, 0.3) is 11.8 Å². The molecule has 0 radical (unpaired) electrons. The first-order valence-electron chi connectivity index (χ1n) is 10.6. The van der Waals surface area contributed by atoms with Gasteiger partial charge in [-0.2, -0.15) is 0 Å². The van der Waals surface area contributed by atoms with Crippen LogP contribution in [0.15, 0.2) is 54.7 Å². The van der Waals surface area contributed by atoms with E-state index < -0.39 is 0 Å². The second-order valence-corrected chi connectivity index (χ2v) is 8.95. The van der Waals surface area contributed by atoms with Gasteiger partial charge >= 0.3 is 0 Å². The molecular weight excluding hydrogens is 438 g/mol. The normalized spacial score (nSPS) is 14.1. The number of carbonyl (C=O) groups is 3. The summed E-state index contributed by atoms with van der Waals surface area (Å²) in [4.78, 5) is 45.4. The number of carbonyl (C=O) groups excluding carboxylic acids is 3. The number of likely N-dealkylation sites (N-methyl/N-ethyl adjacent to an activating group) is 1. The first-order valence-corrected chi connectivity index (χ1v) is 11.4. The smallest absolute Gasteiger partial charge is 0.267 e. The van der Waals surface area contributed by atoms with Crippen LogP contribution in [0.1, 0.15) is 27.0 Å². The third kappa shape index (κ3) is 5.63. The molecule has 0 aliphatic carbocycles. The highest BCUT2D eigenvalue weighted by Gasteiger charge is 2.20. The van der Waals surface area contributed by atoms with E-state index >= 15 is 0 Å². The number of piperazine rings is 1. The minimum atomic E-state index is -0.257. The number of hydrogen-bond acceptors (Lipinski definition) is 6. The van der Waals surface area contributed by atoms with E-state index in [1.807, 2.05) is 29.2 Å². The van der Waals surface area contributed by atoms with Crippen LogP contribution in [0.2, 0.25) is 0 Å². The van der Waals surface area contributed by atoms with Gasteiger partial charge in [0.05, 0.1) is 6.20 Å². The summed E-state index contributed by atoms with van der Waals surface area (Å²) in [6.07, 6.45) is 1.55. The minimum Gasteiger partial charge on any atom is -0.336 e. The Labute approximate surface area is 196 Å². The fourth-order valence-electron chi connectivity index (χ4n) is 3.49. The van der Waals surface area contributed by atoms with Crippen molar-refractivity contribution in [3.8, 4) is 10.6 Å². The summed E-state index contributed by atoms with van der Waals surface area (Å²) in [6, 6.07) is 14.2. The molecule has 1 aromatic heterocycles. The number of amides is 3. The molecule has 3 aromatic rings. The molecule has 0 saturated carbocycles. The highest BCUT2D eigenvalue weighted by Crippen LogP contribution is 2.26. The van der Waals surface area contributed by atoms with Crippen molar-refractivity contribution in [2.45, 2.75) is 6.92 Å². The fourth-order valence-corrected chi connectivity index (χ4v) is 4.31. The van der Waals surface area contributed by atoms with Crippen LogP contribution in [0.25, 0.3) is 10.6 Å². The molecule has 3 amide bonds. The zero-order chi connectivity index (χ0) is 23.4. The number of nitrogens with one attached hydrogen (secondary N) is 2. The van der Waals surface area contributed by atoms with Gasteiger partial charge in [-0.05, 0) is 43.4 Å². The molecule has 8 nitrogen and oxygen atoms in total. The number of benzene rings is 2. The second-order valence-electron chi connectivity index (χ2n) is 7.92. The summed E-state index contributed by atoms with van der Waals surface area (Å²) in [5, 5.41) is 6.22. The molecule has 170 valence electrons. The maximum atomic E-state index is 12.7.